The van der Waals surface area contributed by atoms with Crippen LogP contribution in [0.5, 0.6) is 5.75 Å². The number of carbonyl (C=O) groups excluding carboxylic acids is 1. The summed E-state index contributed by atoms with van der Waals surface area (Å²) in [6.45, 7) is 2.80. The number of aromatic nitrogens is 1. The predicted molar refractivity (Wildman–Crippen MR) is 114 cm³/mol. The Morgan fingerprint density at radius 1 is 1.14 bits per heavy atom. The second-order valence-electron chi connectivity index (χ2n) is 6.19. The highest BCUT2D eigenvalue weighted by atomic mass is 32.1. The van der Waals surface area contributed by atoms with E-state index in [9.17, 15) is 4.79 Å². The molecule has 0 aliphatic heterocycles. The van der Waals surface area contributed by atoms with Crippen molar-refractivity contribution in [2.45, 2.75) is 13.5 Å². The van der Waals surface area contributed by atoms with Crippen LogP contribution in [0.1, 0.15) is 17.3 Å². The van der Waals surface area contributed by atoms with Gasteiger partial charge in [-0.2, -0.15) is 4.99 Å². The van der Waals surface area contributed by atoms with Gasteiger partial charge in [-0.15, -0.1) is 6.42 Å². The molecule has 3 aromatic carbocycles. The third kappa shape index (κ3) is 3.30. The molecule has 0 spiro atoms. The zero-order chi connectivity index (χ0) is 19.5. The van der Waals surface area contributed by atoms with Crippen LogP contribution in [0.2, 0.25) is 0 Å². The topological polar surface area (TPSA) is 43.6 Å². The van der Waals surface area contributed by atoms with Gasteiger partial charge in [-0.3, -0.25) is 4.79 Å². The molecule has 0 saturated heterocycles. The van der Waals surface area contributed by atoms with Gasteiger partial charge in [-0.05, 0) is 42.0 Å². The lowest BCUT2D eigenvalue weighted by Crippen LogP contribution is -2.17. The van der Waals surface area contributed by atoms with Crippen LogP contribution < -0.4 is 9.54 Å². The van der Waals surface area contributed by atoms with Crippen molar-refractivity contribution < 1.29 is 9.53 Å². The highest BCUT2D eigenvalue weighted by molar-refractivity contribution is 7.16. The van der Waals surface area contributed by atoms with Crippen molar-refractivity contribution in [1.82, 2.24) is 4.57 Å². The van der Waals surface area contributed by atoms with Gasteiger partial charge in [0.05, 0.1) is 17.9 Å². The maximum absolute atomic E-state index is 12.8. The minimum absolute atomic E-state index is 0.291. The maximum Gasteiger partial charge on any atom is 0.279 e. The molecule has 0 bridgehead atoms. The van der Waals surface area contributed by atoms with Crippen molar-refractivity contribution >= 4 is 38.2 Å². The first kappa shape index (κ1) is 18.0. The van der Waals surface area contributed by atoms with Crippen molar-refractivity contribution in [2.75, 3.05) is 6.61 Å². The number of carbonyl (C=O) groups is 1. The number of benzene rings is 3. The van der Waals surface area contributed by atoms with Crippen LogP contribution in [0.25, 0.3) is 21.0 Å². The summed E-state index contributed by atoms with van der Waals surface area (Å²) >= 11 is 1.43. The van der Waals surface area contributed by atoms with Gasteiger partial charge in [-0.25, -0.2) is 0 Å². The molecule has 1 aromatic heterocycles. The normalized spacial score (nSPS) is 11.6. The number of hydrogen-bond acceptors (Lipinski definition) is 3. The second-order valence-corrected chi connectivity index (χ2v) is 7.20. The van der Waals surface area contributed by atoms with E-state index in [1.807, 2.05) is 66.1 Å². The van der Waals surface area contributed by atoms with Gasteiger partial charge in [0.15, 0.2) is 4.80 Å². The van der Waals surface area contributed by atoms with E-state index in [1.165, 1.54) is 11.3 Å². The summed E-state index contributed by atoms with van der Waals surface area (Å²) in [5, 5.41) is 2.10. The molecule has 0 N–H and O–H groups in total. The summed E-state index contributed by atoms with van der Waals surface area (Å²) in [5.74, 6) is 3.10. The molecule has 0 fully saturated rings. The van der Waals surface area contributed by atoms with Gasteiger partial charge in [0.25, 0.3) is 5.91 Å². The van der Waals surface area contributed by atoms with Gasteiger partial charge in [-0.1, -0.05) is 53.7 Å². The smallest absolute Gasteiger partial charge is 0.279 e. The minimum atomic E-state index is -0.291. The van der Waals surface area contributed by atoms with Gasteiger partial charge in [0, 0.05) is 5.56 Å². The SMILES string of the molecule is C#CCn1c(=NC(=O)c2ccc3ccccc3c2)sc2cccc(OCC)c21. The molecule has 1 amide bonds. The Bertz CT molecular complexity index is 1290. The molecule has 4 nitrogen and oxygen atoms in total. The summed E-state index contributed by atoms with van der Waals surface area (Å²) in [7, 11) is 0. The van der Waals surface area contributed by atoms with E-state index in [4.69, 9.17) is 11.2 Å². The standard InChI is InChI=1S/C23H18N2O2S/c1-3-14-25-21-19(27-4-2)10-7-11-20(21)28-23(25)24-22(26)18-13-12-16-8-5-6-9-17(16)15-18/h1,5-13,15H,4,14H2,2H3. The van der Waals surface area contributed by atoms with E-state index in [0.717, 1.165) is 26.7 Å². The monoisotopic (exact) mass is 386 g/mol. The van der Waals surface area contributed by atoms with Gasteiger partial charge >= 0.3 is 0 Å². The Morgan fingerprint density at radius 2 is 1.96 bits per heavy atom. The van der Waals surface area contributed by atoms with Crippen LogP contribution in [0.15, 0.2) is 65.7 Å². The highest BCUT2D eigenvalue weighted by Gasteiger charge is 2.13. The zero-order valence-electron chi connectivity index (χ0n) is 15.4. The number of nitrogens with zero attached hydrogens (tertiary/aromatic N) is 2. The number of ether oxygens (including phenoxy) is 1. The molecule has 5 heteroatoms. The quantitative estimate of drug-likeness (QED) is 0.480. The van der Waals surface area contributed by atoms with E-state index in [-0.39, 0.29) is 5.91 Å². The first-order chi connectivity index (χ1) is 13.7. The van der Waals surface area contributed by atoms with E-state index in [0.29, 0.717) is 23.5 Å². The average molecular weight is 386 g/mol. The van der Waals surface area contributed by atoms with Crippen molar-refractivity contribution in [3.63, 3.8) is 0 Å². The Balaban J connectivity index is 1.85. The molecule has 0 atom stereocenters. The van der Waals surface area contributed by atoms with Crippen LogP contribution in [0.3, 0.4) is 0 Å². The number of hydrogen-bond donors (Lipinski definition) is 0. The molecule has 4 rings (SSSR count). The molecular formula is C23H18N2O2S. The number of para-hydroxylation sites is 1. The van der Waals surface area contributed by atoms with Gasteiger partial charge in [0.2, 0.25) is 0 Å². The fraction of sp³-hybridized carbons (Fsp3) is 0.130. The fourth-order valence-electron chi connectivity index (χ4n) is 3.17. The first-order valence-electron chi connectivity index (χ1n) is 8.97. The van der Waals surface area contributed by atoms with E-state index in [1.54, 1.807) is 6.07 Å². The Morgan fingerprint density at radius 3 is 2.75 bits per heavy atom. The number of fused-ring (bicyclic) bond motifs is 2. The molecule has 138 valence electrons. The Hall–Kier alpha value is -3.36. The van der Waals surface area contributed by atoms with E-state index < -0.39 is 0 Å². The van der Waals surface area contributed by atoms with Crippen LogP contribution in [-0.2, 0) is 6.54 Å². The largest absolute Gasteiger partial charge is 0.492 e. The van der Waals surface area contributed by atoms with Crippen molar-refractivity contribution in [1.29, 1.82) is 0 Å². The fourth-order valence-corrected chi connectivity index (χ4v) is 4.21. The molecule has 0 radical (unpaired) electrons. The van der Waals surface area contributed by atoms with Crippen LogP contribution in [0.4, 0.5) is 0 Å². The summed E-state index contributed by atoms with van der Waals surface area (Å²) < 4.78 is 8.59. The Kier molecular flexibility index (Phi) is 4.96. The number of rotatable bonds is 4. The zero-order valence-corrected chi connectivity index (χ0v) is 16.2. The molecule has 0 aliphatic carbocycles. The number of thiazole rings is 1. The van der Waals surface area contributed by atoms with Crippen molar-refractivity contribution in [3.8, 4) is 18.1 Å². The number of terminal acetylenes is 1. The summed E-state index contributed by atoms with van der Waals surface area (Å²) in [4.78, 5) is 17.8. The molecule has 0 saturated carbocycles. The van der Waals surface area contributed by atoms with Gasteiger partial charge < -0.3 is 9.30 Å². The summed E-state index contributed by atoms with van der Waals surface area (Å²) in [5.41, 5.74) is 1.42. The molecule has 4 aromatic rings. The first-order valence-corrected chi connectivity index (χ1v) is 9.79. The van der Waals surface area contributed by atoms with Crippen LogP contribution >= 0.6 is 11.3 Å². The minimum Gasteiger partial charge on any atom is -0.492 e. The third-order valence-corrected chi connectivity index (χ3v) is 5.45. The maximum atomic E-state index is 12.8. The second kappa shape index (κ2) is 7.71. The van der Waals surface area contributed by atoms with Gasteiger partial charge in [0.1, 0.15) is 11.3 Å². The highest BCUT2D eigenvalue weighted by Crippen LogP contribution is 2.27. The van der Waals surface area contributed by atoms with Crippen LogP contribution in [-0.4, -0.2) is 17.1 Å². The van der Waals surface area contributed by atoms with E-state index >= 15 is 0 Å². The number of amides is 1. The third-order valence-electron chi connectivity index (χ3n) is 4.41. The Labute approximate surface area is 166 Å². The average Bonchev–Trinajstić information content (AvgIpc) is 3.06. The molecular weight excluding hydrogens is 368 g/mol. The lowest BCUT2D eigenvalue weighted by Gasteiger charge is -2.07. The van der Waals surface area contributed by atoms with E-state index in [2.05, 4.69) is 10.9 Å². The lowest BCUT2D eigenvalue weighted by atomic mass is 10.1. The summed E-state index contributed by atoms with van der Waals surface area (Å²) in [6, 6.07) is 19.4. The van der Waals surface area contributed by atoms with Crippen molar-refractivity contribution in [2.24, 2.45) is 4.99 Å². The molecule has 0 unspecified atom stereocenters. The predicted octanol–water partition coefficient (Wildman–Crippen LogP) is 4.63. The van der Waals surface area contributed by atoms with Crippen LogP contribution in [0, 0.1) is 12.3 Å². The molecule has 0 aliphatic rings. The van der Waals surface area contributed by atoms with Crippen molar-refractivity contribution in [3.05, 3.63) is 71.0 Å². The molecule has 28 heavy (non-hydrogen) atoms. The molecule has 1 heterocycles. The lowest BCUT2D eigenvalue weighted by molar-refractivity contribution is 0.0998. The summed E-state index contributed by atoms with van der Waals surface area (Å²) in [6.07, 6.45) is 5.57.